The van der Waals surface area contributed by atoms with E-state index >= 15 is 0 Å². The van der Waals surface area contributed by atoms with E-state index in [4.69, 9.17) is 12.2 Å². The summed E-state index contributed by atoms with van der Waals surface area (Å²) in [6.07, 6.45) is 0. The number of benzene rings is 2. The van der Waals surface area contributed by atoms with Crippen molar-refractivity contribution in [3.8, 4) is 10.6 Å². The Morgan fingerprint density at radius 3 is 2.66 bits per heavy atom. The highest BCUT2D eigenvalue weighted by Gasteiger charge is 2.11. The molecule has 0 saturated heterocycles. The van der Waals surface area contributed by atoms with Gasteiger partial charge in [-0.25, -0.2) is 0 Å². The first kappa shape index (κ1) is 19.2. The van der Waals surface area contributed by atoms with E-state index in [9.17, 15) is 4.79 Å². The number of hydrogen-bond acceptors (Lipinski definition) is 6. The minimum absolute atomic E-state index is 0.222. The van der Waals surface area contributed by atoms with Gasteiger partial charge in [0.15, 0.2) is 10.9 Å². The van der Waals surface area contributed by atoms with Crippen LogP contribution in [0.4, 0.5) is 0 Å². The van der Waals surface area contributed by atoms with Crippen molar-refractivity contribution in [2.24, 2.45) is 0 Å². The summed E-state index contributed by atoms with van der Waals surface area (Å²) in [5, 5.41) is 19.6. The van der Waals surface area contributed by atoms with Gasteiger partial charge < -0.3 is 5.32 Å². The van der Waals surface area contributed by atoms with E-state index in [0.717, 1.165) is 32.5 Å². The van der Waals surface area contributed by atoms with E-state index in [-0.39, 0.29) is 5.91 Å². The van der Waals surface area contributed by atoms with Gasteiger partial charge in [-0.15, -0.1) is 10.2 Å². The zero-order chi connectivity index (χ0) is 20.4. The van der Waals surface area contributed by atoms with E-state index in [0.29, 0.717) is 17.2 Å². The van der Waals surface area contributed by atoms with Crippen LogP contribution in [-0.4, -0.2) is 30.8 Å². The predicted octanol–water partition coefficient (Wildman–Crippen LogP) is 3.27. The second-order valence-electron chi connectivity index (χ2n) is 6.55. The molecule has 0 aliphatic carbocycles. The molecule has 2 heterocycles. The Kier molecular flexibility index (Phi) is 5.32. The van der Waals surface area contributed by atoms with Gasteiger partial charge in [-0.2, -0.15) is 9.61 Å². The molecule has 7 nitrogen and oxygen atoms in total. The van der Waals surface area contributed by atoms with Crippen LogP contribution in [0.3, 0.4) is 0 Å². The minimum Gasteiger partial charge on any atom is -0.358 e. The molecule has 1 amide bonds. The van der Waals surface area contributed by atoms with Gasteiger partial charge in [-0.05, 0) is 43.8 Å². The van der Waals surface area contributed by atoms with Crippen LogP contribution in [0.5, 0.6) is 0 Å². The molecule has 29 heavy (non-hydrogen) atoms. The summed E-state index contributed by atoms with van der Waals surface area (Å²) in [5.74, 6) is 0.546. The number of hydrogen-bond donors (Lipinski definition) is 2. The third-order valence-corrected chi connectivity index (χ3v) is 5.50. The van der Waals surface area contributed by atoms with Gasteiger partial charge in [0.1, 0.15) is 5.01 Å². The quantitative estimate of drug-likeness (QED) is 0.491. The van der Waals surface area contributed by atoms with Gasteiger partial charge >= 0.3 is 0 Å². The summed E-state index contributed by atoms with van der Waals surface area (Å²) in [4.78, 5) is 13.0. The molecule has 0 unspecified atom stereocenters. The molecule has 2 aromatic carbocycles. The molecule has 9 heteroatoms. The molecule has 4 aromatic rings. The summed E-state index contributed by atoms with van der Waals surface area (Å²) in [6, 6.07) is 15.4. The lowest BCUT2D eigenvalue weighted by molar-refractivity contribution is 0.0976. The van der Waals surface area contributed by atoms with Crippen molar-refractivity contribution in [3.05, 3.63) is 71.0 Å². The van der Waals surface area contributed by atoms with Crippen LogP contribution < -0.4 is 10.6 Å². The molecule has 0 saturated carbocycles. The Hall–Kier alpha value is -3.17. The first-order valence-electron chi connectivity index (χ1n) is 8.93. The van der Waals surface area contributed by atoms with Crippen molar-refractivity contribution in [2.45, 2.75) is 20.4 Å². The number of fused-ring (bicyclic) bond motifs is 1. The number of aryl methyl sites for hydroxylation is 2. The van der Waals surface area contributed by atoms with Crippen LogP contribution in [0.15, 0.2) is 48.5 Å². The van der Waals surface area contributed by atoms with Crippen LogP contribution in [-0.2, 0) is 6.54 Å². The summed E-state index contributed by atoms with van der Waals surface area (Å²) in [5.41, 5.74) is 3.66. The summed E-state index contributed by atoms with van der Waals surface area (Å²) < 4.78 is 1.74. The van der Waals surface area contributed by atoms with Gasteiger partial charge in [0.25, 0.3) is 5.91 Å². The van der Waals surface area contributed by atoms with Crippen molar-refractivity contribution in [3.63, 3.8) is 0 Å². The fourth-order valence-corrected chi connectivity index (χ4v) is 3.84. The molecule has 0 atom stereocenters. The van der Waals surface area contributed by atoms with Gasteiger partial charge in [0.2, 0.25) is 4.96 Å². The SMILES string of the molecule is Cc1cccc(C(=O)NC(=S)NCc2ccc(-c3nn4c(C)nnc4s3)cc2)c1. The normalized spacial score (nSPS) is 10.8. The number of carbonyl (C=O) groups is 1. The first-order chi connectivity index (χ1) is 14.0. The maximum Gasteiger partial charge on any atom is 0.257 e. The number of carbonyl (C=O) groups excluding carboxylic acids is 1. The number of amides is 1. The maximum absolute atomic E-state index is 12.2. The van der Waals surface area contributed by atoms with Crippen molar-refractivity contribution >= 4 is 39.5 Å². The lowest BCUT2D eigenvalue weighted by Gasteiger charge is -2.10. The Morgan fingerprint density at radius 1 is 1.14 bits per heavy atom. The van der Waals surface area contributed by atoms with Gasteiger partial charge in [-0.1, -0.05) is 53.3 Å². The molecule has 0 bridgehead atoms. The standard InChI is InChI=1S/C20H18N6OS2/c1-12-4-3-5-16(10-12)17(27)22-19(28)21-11-14-6-8-15(9-7-14)18-25-26-13(2)23-24-20(26)29-18/h3-10H,11H2,1-2H3,(H2,21,22,27,28). The minimum atomic E-state index is -0.222. The van der Waals surface area contributed by atoms with Crippen LogP contribution in [0.1, 0.15) is 27.3 Å². The largest absolute Gasteiger partial charge is 0.358 e. The van der Waals surface area contributed by atoms with E-state index in [1.807, 2.05) is 56.3 Å². The fourth-order valence-electron chi connectivity index (χ4n) is 2.78. The second kappa shape index (κ2) is 8.06. The predicted molar refractivity (Wildman–Crippen MR) is 117 cm³/mol. The van der Waals surface area contributed by atoms with Crippen molar-refractivity contribution in [1.82, 2.24) is 30.4 Å². The summed E-state index contributed by atoms with van der Waals surface area (Å²) >= 11 is 6.73. The van der Waals surface area contributed by atoms with Crippen molar-refractivity contribution in [2.75, 3.05) is 0 Å². The molecule has 0 radical (unpaired) electrons. The van der Waals surface area contributed by atoms with Gasteiger partial charge in [-0.3, -0.25) is 10.1 Å². The van der Waals surface area contributed by atoms with E-state index in [1.54, 1.807) is 10.6 Å². The lowest BCUT2D eigenvalue weighted by atomic mass is 10.1. The number of nitrogens with zero attached hydrogens (tertiary/aromatic N) is 4. The third-order valence-electron chi connectivity index (χ3n) is 4.31. The monoisotopic (exact) mass is 422 g/mol. The smallest absolute Gasteiger partial charge is 0.257 e. The van der Waals surface area contributed by atoms with Crippen LogP contribution >= 0.6 is 23.6 Å². The molecule has 146 valence electrons. The van der Waals surface area contributed by atoms with Crippen molar-refractivity contribution in [1.29, 1.82) is 0 Å². The van der Waals surface area contributed by atoms with Crippen molar-refractivity contribution < 1.29 is 4.79 Å². The van der Waals surface area contributed by atoms with E-state index in [2.05, 4.69) is 25.9 Å². The highest BCUT2D eigenvalue weighted by atomic mass is 32.1. The van der Waals surface area contributed by atoms with Crippen LogP contribution in [0, 0.1) is 13.8 Å². The van der Waals surface area contributed by atoms with E-state index in [1.165, 1.54) is 11.3 Å². The average molecular weight is 423 g/mol. The number of aromatic nitrogens is 4. The maximum atomic E-state index is 12.2. The average Bonchev–Trinajstić information content (AvgIpc) is 3.29. The Morgan fingerprint density at radius 2 is 1.93 bits per heavy atom. The first-order valence-corrected chi connectivity index (χ1v) is 10.2. The molecule has 0 aliphatic heterocycles. The number of rotatable bonds is 4. The zero-order valence-electron chi connectivity index (χ0n) is 15.8. The van der Waals surface area contributed by atoms with Crippen LogP contribution in [0.2, 0.25) is 0 Å². The summed E-state index contributed by atoms with van der Waals surface area (Å²) in [7, 11) is 0. The molecule has 0 fully saturated rings. The highest BCUT2D eigenvalue weighted by molar-refractivity contribution is 7.80. The number of nitrogens with one attached hydrogen (secondary N) is 2. The Balaban J connectivity index is 1.35. The Labute approximate surface area is 176 Å². The zero-order valence-corrected chi connectivity index (χ0v) is 17.5. The summed E-state index contributed by atoms with van der Waals surface area (Å²) in [6.45, 7) is 4.33. The molecule has 2 N–H and O–H groups in total. The van der Waals surface area contributed by atoms with Gasteiger partial charge in [0.05, 0.1) is 0 Å². The second-order valence-corrected chi connectivity index (χ2v) is 7.92. The molecule has 0 aliphatic rings. The lowest BCUT2D eigenvalue weighted by Crippen LogP contribution is -2.38. The topological polar surface area (TPSA) is 84.2 Å². The number of thiocarbonyl (C=S) groups is 1. The van der Waals surface area contributed by atoms with E-state index < -0.39 is 0 Å². The Bertz CT molecular complexity index is 1200. The highest BCUT2D eigenvalue weighted by Crippen LogP contribution is 2.25. The third kappa shape index (κ3) is 4.30. The fraction of sp³-hybridized carbons (Fsp3) is 0.150. The molecular formula is C20H18N6OS2. The molecule has 2 aromatic heterocycles. The van der Waals surface area contributed by atoms with Crippen LogP contribution in [0.25, 0.3) is 15.5 Å². The molecule has 4 rings (SSSR count). The van der Waals surface area contributed by atoms with Gasteiger partial charge in [0, 0.05) is 17.7 Å². The molecule has 0 spiro atoms. The molecular weight excluding hydrogens is 404 g/mol.